The summed E-state index contributed by atoms with van der Waals surface area (Å²) in [5.41, 5.74) is 3.85. The van der Waals surface area contributed by atoms with Crippen LogP contribution in [0.1, 0.15) is 35.2 Å². The molecule has 0 aliphatic heterocycles. The molecule has 11 heteroatoms. The highest BCUT2D eigenvalue weighted by molar-refractivity contribution is 7.92. The third kappa shape index (κ3) is 6.12. The number of hydrogen-bond acceptors (Lipinski definition) is 9. The summed E-state index contributed by atoms with van der Waals surface area (Å²) in [5.74, 6) is 2.83. The van der Waals surface area contributed by atoms with Crippen molar-refractivity contribution in [3.8, 4) is 11.1 Å². The van der Waals surface area contributed by atoms with Crippen molar-refractivity contribution in [1.82, 2.24) is 15.1 Å². The molecule has 0 radical (unpaired) electrons. The summed E-state index contributed by atoms with van der Waals surface area (Å²) in [5, 5.41) is 10.2. The van der Waals surface area contributed by atoms with Gasteiger partial charge in [-0.1, -0.05) is 41.6 Å². The van der Waals surface area contributed by atoms with E-state index in [-0.39, 0.29) is 10.7 Å². The quantitative estimate of drug-likeness (QED) is 0.241. The lowest BCUT2D eigenvalue weighted by molar-refractivity contribution is 0.134. The molecule has 4 aromatic rings. The summed E-state index contributed by atoms with van der Waals surface area (Å²) >= 11 is 0. The van der Waals surface area contributed by atoms with E-state index in [1.165, 1.54) is 0 Å². The van der Waals surface area contributed by atoms with E-state index in [9.17, 15) is 8.42 Å². The molecular weight excluding hydrogens is 504 g/mol. The highest BCUT2D eigenvalue weighted by atomic mass is 32.2. The Kier molecular flexibility index (Phi) is 8.28. The monoisotopic (exact) mass is 536 g/mol. The average molecular weight is 537 g/mol. The van der Waals surface area contributed by atoms with E-state index in [1.807, 2.05) is 51.2 Å². The highest BCUT2D eigenvalue weighted by Crippen LogP contribution is 2.33. The first-order valence-electron chi connectivity index (χ1n) is 12.2. The summed E-state index contributed by atoms with van der Waals surface area (Å²) < 4.78 is 40.3. The molecule has 0 spiro atoms. The van der Waals surface area contributed by atoms with Crippen molar-refractivity contribution < 1.29 is 17.7 Å². The first kappa shape index (κ1) is 27.1. The molecule has 0 bridgehead atoms. The molecule has 4 rings (SSSR count). The molecule has 0 atom stereocenters. The Morgan fingerprint density at radius 1 is 0.974 bits per heavy atom. The van der Waals surface area contributed by atoms with Crippen molar-refractivity contribution in [3.05, 3.63) is 76.8 Å². The van der Waals surface area contributed by atoms with Crippen LogP contribution in [0, 0.1) is 20.8 Å². The van der Waals surface area contributed by atoms with Crippen LogP contribution in [0.15, 0.2) is 57.9 Å². The highest BCUT2D eigenvalue weighted by Gasteiger charge is 2.23. The molecule has 0 fully saturated rings. The Morgan fingerprint density at radius 2 is 1.74 bits per heavy atom. The first-order valence-corrected chi connectivity index (χ1v) is 13.7. The second-order valence-corrected chi connectivity index (χ2v) is 10.4. The average Bonchev–Trinajstić information content (AvgIpc) is 3.22. The van der Waals surface area contributed by atoms with Crippen LogP contribution in [-0.2, 0) is 27.9 Å². The van der Waals surface area contributed by atoms with Crippen molar-refractivity contribution >= 4 is 27.5 Å². The molecule has 3 N–H and O–H groups in total. The minimum atomic E-state index is -3.95. The van der Waals surface area contributed by atoms with E-state index in [4.69, 9.17) is 9.26 Å². The van der Waals surface area contributed by atoms with Gasteiger partial charge in [0.2, 0.25) is 0 Å². The van der Waals surface area contributed by atoms with Crippen molar-refractivity contribution in [2.75, 3.05) is 29.0 Å². The molecule has 0 saturated carbocycles. The van der Waals surface area contributed by atoms with Crippen LogP contribution in [0.3, 0.4) is 0 Å². The van der Waals surface area contributed by atoms with Gasteiger partial charge in [0.1, 0.15) is 23.2 Å². The Hall–Kier alpha value is -3.96. The number of ether oxygens (including phenoxy) is 1. The fraction of sp³-hybridized carbons (Fsp3) is 0.296. The van der Waals surface area contributed by atoms with Gasteiger partial charge in [-0.2, -0.15) is 0 Å². The smallest absolute Gasteiger partial charge is 0.263 e. The molecule has 2 aromatic carbocycles. The van der Waals surface area contributed by atoms with E-state index in [1.54, 1.807) is 32.0 Å². The lowest BCUT2D eigenvalue weighted by Gasteiger charge is -2.16. The third-order valence-corrected chi connectivity index (χ3v) is 7.45. The summed E-state index contributed by atoms with van der Waals surface area (Å²) in [4.78, 5) is 8.90. The van der Waals surface area contributed by atoms with E-state index in [2.05, 4.69) is 30.5 Å². The van der Waals surface area contributed by atoms with Gasteiger partial charge in [-0.3, -0.25) is 4.72 Å². The molecule has 0 saturated heterocycles. The lowest BCUT2D eigenvalue weighted by atomic mass is 9.97. The van der Waals surface area contributed by atoms with Gasteiger partial charge in [0.05, 0.1) is 11.5 Å². The van der Waals surface area contributed by atoms with Crippen LogP contribution < -0.4 is 15.4 Å². The van der Waals surface area contributed by atoms with Crippen LogP contribution in [-0.4, -0.2) is 37.2 Å². The number of nitrogens with zero attached hydrogens (tertiary/aromatic N) is 3. The fourth-order valence-corrected chi connectivity index (χ4v) is 5.23. The second kappa shape index (κ2) is 11.6. The Morgan fingerprint density at radius 3 is 2.45 bits per heavy atom. The number of benzene rings is 2. The first-order chi connectivity index (χ1) is 18.2. The lowest BCUT2D eigenvalue weighted by Crippen LogP contribution is -2.15. The largest absolute Gasteiger partial charge is 0.377 e. The summed E-state index contributed by atoms with van der Waals surface area (Å²) in [7, 11) is -2.14. The molecule has 38 heavy (non-hydrogen) atoms. The van der Waals surface area contributed by atoms with Gasteiger partial charge < -0.3 is 19.9 Å². The van der Waals surface area contributed by atoms with E-state index in [0.717, 1.165) is 22.5 Å². The van der Waals surface area contributed by atoms with Crippen LogP contribution in [0.5, 0.6) is 0 Å². The van der Waals surface area contributed by atoms with Gasteiger partial charge in [0, 0.05) is 37.4 Å². The normalized spacial score (nSPS) is 11.4. The molecular formula is C27H32N6O4S. The topological polar surface area (TPSA) is 131 Å². The molecule has 0 amide bonds. The molecule has 0 unspecified atom stereocenters. The standard InChI is InChI=1S/C27H32N6O4S/c1-6-36-16-21-13-20(15-29-26-14-25(28-5)30-19(4)31-26)11-12-22(21)23-9-7-8-10-24(23)38(34,35)33-27-17(2)18(3)37-32-27/h7-14H,6,15-16H2,1-5H3,(H,32,33)(H2,28,29,30,31). The molecule has 200 valence electrons. The number of nitrogens with one attached hydrogen (secondary N) is 3. The van der Waals surface area contributed by atoms with Gasteiger partial charge in [0.15, 0.2) is 5.82 Å². The van der Waals surface area contributed by atoms with Crippen LogP contribution in [0.4, 0.5) is 17.5 Å². The van der Waals surface area contributed by atoms with E-state index in [0.29, 0.717) is 48.3 Å². The minimum absolute atomic E-state index is 0.139. The summed E-state index contributed by atoms with van der Waals surface area (Å²) in [6.45, 7) is 8.63. The van der Waals surface area contributed by atoms with Crippen LogP contribution in [0.25, 0.3) is 11.1 Å². The Balaban J connectivity index is 1.67. The third-order valence-electron chi connectivity index (χ3n) is 6.05. The maximum absolute atomic E-state index is 13.4. The van der Waals surface area contributed by atoms with Gasteiger partial charge in [-0.15, -0.1) is 0 Å². The maximum Gasteiger partial charge on any atom is 0.263 e. The second-order valence-electron chi connectivity index (χ2n) is 8.73. The number of aryl methyl sites for hydroxylation is 2. The predicted octanol–water partition coefficient (Wildman–Crippen LogP) is 5.05. The zero-order valence-corrected chi connectivity index (χ0v) is 22.9. The molecule has 0 aliphatic carbocycles. The Bertz CT molecular complexity index is 1530. The zero-order chi connectivity index (χ0) is 27.3. The van der Waals surface area contributed by atoms with Crippen molar-refractivity contribution in [2.45, 2.75) is 45.7 Å². The van der Waals surface area contributed by atoms with E-state index < -0.39 is 10.0 Å². The molecule has 10 nitrogen and oxygen atoms in total. The van der Waals surface area contributed by atoms with Gasteiger partial charge in [0.25, 0.3) is 10.0 Å². The van der Waals surface area contributed by atoms with Gasteiger partial charge >= 0.3 is 0 Å². The number of sulfonamides is 1. The van der Waals surface area contributed by atoms with Crippen LogP contribution in [0.2, 0.25) is 0 Å². The predicted molar refractivity (Wildman–Crippen MR) is 148 cm³/mol. The van der Waals surface area contributed by atoms with E-state index >= 15 is 0 Å². The SMILES string of the molecule is CCOCc1cc(CNc2cc(NC)nc(C)n2)ccc1-c1ccccc1S(=O)(=O)Nc1noc(C)c1C. The number of hydrogen-bond donors (Lipinski definition) is 3. The Labute approximate surface area is 222 Å². The minimum Gasteiger partial charge on any atom is -0.377 e. The number of anilines is 3. The van der Waals surface area contributed by atoms with Crippen molar-refractivity contribution in [1.29, 1.82) is 0 Å². The molecule has 2 aromatic heterocycles. The molecule has 0 aliphatic rings. The van der Waals surface area contributed by atoms with Gasteiger partial charge in [-0.25, -0.2) is 18.4 Å². The molecule has 2 heterocycles. The summed E-state index contributed by atoms with van der Waals surface area (Å²) in [6, 6.07) is 14.6. The van der Waals surface area contributed by atoms with Gasteiger partial charge in [-0.05, 0) is 50.5 Å². The van der Waals surface area contributed by atoms with Crippen LogP contribution >= 0.6 is 0 Å². The number of rotatable bonds is 11. The number of aromatic nitrogens is 3. The fourth-order valence-electron chi connectivity index (χ4n) is 3.95. The maximum atomic E-state index is 13.4. The van der Waals surface area contributed by atoms with Crippen molar-refractivity contribution in [3.63, 3.8) is 0 Å². The van der Waals surface area contributed by atoms with Crippen molar-refractivity contribution in [2.24, 2.45) is 0 Å². The summed E-state index contributed by atoms with van der Waals surface area (Å²) in [6.07, 6.45) is 0. The zero-order valence-electron chi connectivity index (χ0n) is 22.1.